The molecule has 7 heteroatoms. The Morgan fingerprint density at radius 1 is 1.37 bits per heavy atom. The number of rotatable bonds is 4. The molecule has 1 atom stereocenters. The predicted molar refractivity (Wildman–Crippen MR) is 78.6 cm³/mol. The van der Waals surface area contributed by atoms with Gasteiger partial charge in [0.15, 0.2) is 0 Å². The molecule has 2 aromatic rings. The van der Waals surface area contributed by atoms with Crippen molar-refractivity contribution in [2.75, 3.05) is 5.32 Å². The summed E-state index contributed by atoms with van der Waals surface area (Å²) in [5.41, 5.74) is 6.88. The van der Waals surface area contributed by atoms with Crippen molar-refractivity contribution >= 4 is 34.8 Å². The average molecular weight is 299 g/mol. The van der Waals surface area contributed by atoms with E-state index in [9.17, 15) is 4.79 Å². The third kappa shape index (κ3) is 4.59. The molecule has 0 spiro atoms. The molecule has 0 saturated carbocycles. The summed E-state index contributed by atoms with van der Waals surface area (Å²) < 4.78 is 0. The van der Waals surface area contributed by atoms with Crippen LogP contribution in [0.25, 0.3) is 0 Å². The number of amides is 1. The highest BCUT2D eigenvalue weighted by molar-refractivity contribution is 7.15. The second-order valence-corrected chi connectivity index (χ2v) is 5.09. The Kier molecular flexibility index (Phi) is 5.88. The van der Waals surface area contributed by atoms with E-state index < -0.39 is 6.04 Å². The topological polar surface area (TPSA) is 80.9 Å². The first kappa shape index (κ1) is 15.6. The number of aryl methyl sites for hydroxylation is 1. The van der Waals surface area contributed by atoms with Gasteiger partial charge in [0.1, 0.15) is 5.01 Å². The number of halogens is 1. The van der Waals surface area contributed by atoms with Crippen molar-refractivity contribution in [1.29, 1.82) is 0 Å². The number of carbonyl (C=O) groups excluding carboxylic acids is 1. The van der Waals surface area contributed by atoms with E-state index in [1.165, 1.54) is 11.3 Å². The van der Waals surface area contributed by atoms with Crippen molar-refractivity contribution in [3.05, 3.63) is 40.9 Å². The molecule has 0 aliphatic carbocycles. The smallest absolute Gasteiger partial charge is 0.243 e. The van der Waals surface area contributed by atoms with Crippen LogP contribution in [0.3, 0.4) is 0 Å². The molecule has 1 heterocycles. The SMILES string of the molecule is Cc1nnc(NC(=O)C(N)Cc2ccccc2)s1.Cl. The summed E-state index contributed by atoms with van der Waals surface area (Å²) in [5, 5.41) is 11.6. The number of nitrogens with one attached hydrogen (secondary N) is 1. The van der Waals surface area contributed by atoms with Gasteiger partial charge in [0.2, 0.25) is 11.0 Å². The van der Waals surface area contributed by atoms with Crippen LogP contribution in [0.4, 0.5) is 5.13 Å². The summed E-state index contributed by atoms with van der Waals surface area (Å²) in [6, 6.07) is 9.09. The number of nitrogens with zero attached hydrogens (tertiary/aromatic N) is 2. The molecule has 1 aromatic carbocycles. The Balaban J connectivity index is 0.00000180. The molecule has 0 aliphatic heterocycles. The second kappa shape index (κ2) is 7.18. The molecule has 2 rings (SSSR count). The Hall–Kier alpha value is -1.50. The minimum absolute atomic E-state index is 0. The molecule has 0 fully saturated rings. The molecule has 0 radical (unpaired) electrons. The maximum atomic E-state index is 11.8. The van der Waals surface area contributed by atoms with Gasteiger partial charge in [0.05, 0.1) is 6.04 Å². The van der Waals surface area contributed by atoms with Gasteiger partial charge >= 0.3 is 0 Å². The lowest BCUT2D eigenvalue weighted by Gasteiger charge is -2.10. The highest BCUT2D eigenvalue weighted by Gasteiger charge is 2.15. The Morgan fingerprint density at radius 2 is 2.05 bits per heavy atom. The third-order valence-corrected chi connectivity index (χ3v) is 3.15. The number of aromatic nitrogens is 2. The van der Waals surface area contributed by atoms with Crippen molar-refractivity contribution in [2.24, 2.45) is 5.73 Å². The zero-order valence-corrected chi connectivity index (χ0v) is 12.0. The van der Waals surface area contributed by atoms with Crippen LogP contribution in [-0.2, 0) is 11.2 Å². The van der Waals surface area contributed by atoms with Gasteiger partial charge in [-0.2, -0.15) is 0 Å². The zero-order valence-electron chi connectivity index (χ0n) is 10.4. The van der Waals surface area contributed by atoms with Gasteiger partial charge in [-0.3, -0.25) is 10.1 Å². The summed E-state index contributed by atoms with van der Waals surface area (Å²) in [5.74, 6) is -0.241. The summed E-state index contributed by atoms with van der Waals surface area (Å²) in [6.45, 7) is 1.83. The van der Waals surface area contributed by atoms with E-state index in [0.717, 1.165) is 10.6 Å². The molecule has 0 bridgehead atoms. The molecule has 5 nitrogen and oxygen atoms in total. The van der Waals surface area contributed by atoms with Crippen LogP contribution in [0.5, 0.6) is 0 Å². The van der Waals surface area contributed by atoms with Gasteiger partial charge in [0.25, 0.3) is 0 Å². The summed E-state index contributed by atoms with van der Waals surface area (Å²) in [4.78, 5) is 11.8. The molecule has 0 aliphatic rings. The fourth-order valence-corrected chi connectivity index (χ4v) is 2.10. The number of hydrogen-bond donors (Lipinski definition) is 2. The molecule has 102 valence electrons. The van der Waals surface area contributed by atoms with Crippen LogP contribution in [-0.4, -0.2) is 22.1 Å². The van der Waals surface area contributed by atoms with Gasteiger partial charge in [0, 0.05) is 0 Å². The summed E-state index contributed by atoms with van der Waals surface area (Å²) in [7, 11) is 0. The van der Waals surface area contributed by atoms with Gasteiger partial charge in [-0.25, -0.2) is 0 Å². The molecular weight excluding hydrogens is 284 g/mol. The lowest BCUT2D eigenvalue weighted by molar-refractivity contribution is -0.117. The van der Waals surface area contributed by atoms with Crippen LogP contribution in [0.1, 0.15) is 10.6 Å². The fourth-order valence-electron chi connectivity index (χ4n) is 1.51. The van der Waals surface area contributed by atoms with Gasteiger partial charge in [-0.15, -0.1) is 22.6 Å². The van der Waals surface area contributed by atoms with Crippen molar-refractivity contribution in [1.82, 2.24) is 10.2 Å². The lowest BCUT2D eigenvalue weighted by Crippen LogP contribution is -2.37. The van der Waals surface area contributed by atoms with Crippen LogP contribution in [0.15, 0.2) is 30.3 Å². The largest absolute Gasteiger partial charge is 0.320 e. The fraction of sp³-hybridized carbons (Fsp3) is 0.250. The van der Waals surface area contributed by atoms with Crippen LogP contribution in [0.2, 0.25) is 0 Å². The Morgan fingerprint density at radius 3 is 2.63 bits per heavy atom. The number of carbonyl (C=O) groups is 1. The van der Waals surface area contributed by atoms with Crippen molar-refractivity contribution in [3.8, 4) is 0 Å². The van der Waals surface area contributed by atoms with Crippen LogP contribution in [0, 0.1) is 6.92 Å². The normalized spacial score (nSPS) is 11.5. The van der Waals surface area contributed by atoms with Gasteiger partial charge in [-0.05, 0) is 18.9 Å². The average Bonchev–Trinajstić information content (AvgIpc) is 2.76. The number of anilines is 1. The second-order valence-electron chi connectivity index (χ2n) is 3.91. The minimum Gasteiger partial charge on any atom is -0.320 e. The monoisotopic (exact) mass is 298 g/mol. The van der Waals surface area contributed by atoms with E-state index in [2.05, 4.69) is 15.5 Å². The first-order chi connectivity index (χ1) is 8.65. The molecule has 3 N–H and O–H groups in total. The lowest BCUT2D eigenvalue weighted by atomic mass is 10.1. The first-order valence-electron chi connectivity index (χ1n) is 5.55. The van der Waals surface area contributed by atoms with E-state index in [0.29, 0.717) is 11.6 Å². The molecular formula is C12H15ClN4OS. The Bertz CT molecular complexity index is 532. The van der Waals surface area contributed by atoms with E-state index in [4.69, 9.17) is 5.73 Å². The highest BCUT2D eigenvalue weighted by Crippen LogP contribution is 2.14. The number of benzene rings is 1. The van der Waals surface area contributed by atoms with Crippen molar-refractivity contribution < 1.29 is 4.79 Å². The van der Waals surface area contributed by atoms with E-state index in [1.54, 1.807) is 0 Å². The quantitative estimate of drug-likeness (QED) is 0.901. The Labute approximate surface area is 121 Å². The number of hydrogen-bond acceptors (Lipinski definition) is 5. The molecule has 19 heavy (non-hydrogen) atoms. The van der Waals surface area contributed by atoms with Crippen LogP contribution < -0.4 is 11.1 Å². The van der Waals surface area contributed by atoms with Crippen LogP contribution >= 0.6 is 23.7 Å². The van der Waals surface area contributed by atoms with Crippen molar-refractivity contribution in [3.63, 3.8) is 0 Å². The van der Waals surface area contributed by atoms with Crippen molar-refractivity contribution in [2.45, 2.75) is 19.4 Å². The zero-order chi connectivity index (χ0) is 13.0. The highest BCUT2D eigenvalue weighted by atomic mass is 35.5. The van der Waals surface area contributed by atoms with Gasteiger partial charge in [-0.1, -0.05) is 41.7 Å². The molecule has 1 amide bonds. The molecule has 0 saturated heterocycles. The number of nitrogens with two attached hydrogens (primary N) is 1. The first-order valence-corrected chi connectivity index (χ1v) is 6.37. The predicted octanol–water partition coefficient (Wildman–Crippen LogP) is 1.78. The van der Waals surface area contributed by atoms with Gasteiger partial charge < -0.3 is 5.73 Å². The third-order valence-electron chi connectivity index (χ3n) is 2.39. The van der Waals surface area contributed by atoms with E-state index in [-0.39, 0.29) is 18.3 Å². The maximum absolute atomic E-state index is 11.8. The summed E-state index contributed by atoms with van der Waals surface area (Å²) in [6.07, 6.45) is 0.504. The minimum atomic E-state index is -0.586. The van der Waals surface area contributed by atoms with E-state index in [1.807, 2.05) is 37.3 Å². The standard InChI is InChI=1S/C12H14N4OS.ClH/c1-8-15-16-12(18-8)14-11(17)10(13)7-9-5-3-2-4-6-9;/h2-6,10H,7,13H2,1H3,(H,14,16,17);1H. The summed E-state index contributed by atoms with van der Waals surface area (Å²) >= 11 is 1.33. The molecule has 1 aromatic heterocycles. The molecule has 1 unspecified atom stereocenters. The van der Waals surface area contributed by atoms with E-state index >= 15 is 0 Å². The maximum Gasteiger partial charge on any atom is 0.243 e.